The van der Waals surface area contributed by atoms with E-state index >= 15 is 0 Å². The van der Waals surface area contributed by atoms with Crippen LogP contribution in [0.1, 0.15) is 12.5 Å². The fourth-order valence-corrected chi connectivity index (χ4v) is 3.27. The summed E-state index contributed by atoms with van der Waals surface area (Å²) in [4.78, 5) is 29.9. The molecule has 0 atom stereocenters. The third-order valence-electron chi connectivity index (χ3n) is 4.90. The molecule has 0 aliphatic carbocycles. The van der Waals surface area contributed by atoms with Crippen LogP contribution in [0.15, 0.2) is 18.2 Å². The van der Waals surface area contributed by atoms with Crippen molar-refractivity contribution < 1.29 is 23.8 Å². The van der Waals surface area contributed by atoms with Gasteiger partial charge in [-0.3, -0.25) is 14.5 Å². The average Bonchev–Trinajstić information content (AvgIpc) is 3.13. The molecule has 2 aliphatic heterocycles. The molecule has 2 aliphatic rings. The Morgan fingerprint density at radius 1 is 1.15 bits per heavy atom. The molecule has 8 nitrogen and oxygen atoms in total. The van der Waals surface area contributed by atoms with Gasteiger partial charge in [-0.1, -0.05) is 6.07 Å². The molecule has 1 fully saturated rings. The number of carbonyl (C=O) groups is 2. The highest BCUT2D eigenvalue weighted by Crippen LogP contribution is 2.32. The van der Waals surface area contributed by atoms with Crippen molar-refractivity contribution in [2.45, 2.75) is 13.5 Å². The number of nitrogens with zero attached hydrogens (tertiary/aromatic N) is 3. The zero-order chi connectivity index (χ0) is 19.2. The van der Waals surface area contributed by atoms with Crippen molar-refractivity contribution >= 4 is 11.8 Å². The molecule has 0 radical (unpaired) electrons. The Labute approximate surface area is 159 Å². The lowest BCUT2D eigenvalue weighted by Crippen LogP contribution is -2.51. The van der Waals surface area contributed by atoms with Gasteiger partial charge in [0.1, 0.15) is 0 Å². The van der Waals surface area contributed by atoms with Crippen LogP contribution in [0.5, 0.6) is 11.5 Å². The lowest BCUT2D eigenvalue weighted by Gasteiger charge is -2.35. The molecule has 0 N–H and O–H groups in total. The summed E-state index contributed by atoms with van der Waals surface area (Å²) in [6.07, 6.45) is 0. The Balaban J connectivity index is 1.46. The summed E-state index contributed by atoms with van der Waals surface area (Å²) in [5.41, 5.74) is 1.17. The first-order valence-electron chi connectivity index (χ1n) is 9.20. The second-order valence-corrected chi connectivity index (χ2v) is 6.78. The monoisotopic (exact) mass is 377 g/mol. The number of carbonyl (C=O) groups excluding carboxylic acids is 2. The highest BCUT2D eigenvalue weighted by molar-refractivity contribution is 5.83. The SMILES string of the molecule is COCCN(CC(=O)N1CCN(Cc2ccc3c(c2)OCO3)CC1)C(C)=O. The van der Waals surface area contributed by atoms with Gasteiger partial charge >= 0.3 is 0 Å². The van der Waals surface area contributed by atoms with E-state index in [0.717, 1.165) is 31.1 Å². The van der Waals surface area contributed by atoms with Crippen LogP contribution in [0.3, 0.4) is 0 Å². The standard InChI is InChI=1S/C19H27N3O5/c1-15(23)22(9-10-25-2)13-19(24)21-7-5-20(6-8-21)12-16-3-4-17-18(11-16)27-14-26-17/h3-4,11H,5-10,12-14H2,1-2H3. The van der Waals surface area contributed by atoms with Crippen LogP contribution >= 0.6 is 0 Å². The number of amides is 2. The number of hydrogen-bond acceptors (Lipinski definition) is 6. The maximum atomic E-state index is 12.5. The molecule has 2 heterocycles. The molecular weight excluding hydrogens is 350 g/mol. The number of rotatable bonds is 7. The van der Waals surface area contributed by atoms with Gasteiger partial charge in [-0.05, 0) is 17.7 Å². The van der Waals surface area contributed by atoms with E-state index in [1.807, 2.05) is 23.1 Å². The maximum absolute atomic E-state index is 12.5. The molecule has 3 rings (SSSR count). The summed E-state index contributed by atoms with van der Waals surface area (Å²) in [6.45, 7) is 6.48. The van der Waals surface area contributed by atoms with Gasteiger partial charge in [0.2, 0.25) is 18.6 Å². The van der Waals surface area contributed by atoms with E-state index in [9.17, 15) is 9.59 Å². The van der Waals surface area contributed by atoms with E-state index in [-0.39, 0.29) is 25.2 Å². The molecule has 0 aromatic heterocycles. The molecule has 1 aromatic rings. The minimum Gasteiger partial charge on any atom is -0.454 e. The van der Waals surface area contributed by atoms with Crippen molar-refractivity contribution in [3.63, 3.8) is 0 Å². The summed E-state index contributed by atoms with van der Waals surface area (Å²) in [6, 6.07) is 6.00. The van der Waals surface area contributed by atoms with Crippen LogP contribution in [0.2, 0.25) is 0 Å². The quantitative estimate of drug-likeness (QED) is 0.691. The van der Waals surface area contributed by atoms with Gasteiger partial charge in [-0.2, -0.15) is 0 Å². The normalized spacial score (nSPS) is 16.4. The third-order valence-corrected chi connectivity index (χ3v) is 4.90. The Bertz CT molecular complexity index is 673. The highest BCUT2D eigenvalue weighted by atomic mass is 16.7. The predicted octanol–water partition coefficient (Wildman–Crippen LogP) is 0.554. The molecule has 27 heavy (non-hydrogen) atoms. The molecule has 0 saturated carbocycles. The second-order valence-electron chi connectivity index (χ2n) is 6.78. The van der Waals surface area contributed by atoms with Crippen molar-refractivity contribution in [2.24, 2.45) is 0 Å². The van der Waals surface area contributed by atoms with Gasteiger partial charge in [0, 0.05) is 53.3 Å². The lowest BCUT2D eigenvalue weighted by atomic mass is 10.1. The molecule has 0 unspecified atom stereocenters. The summed E-state index contributed by atoms with van der Waals surface area (Å²) >= 11 is 0. The van der Waals surface area contributed by atoms with E-state index in [0.29, 0.717) is 26.2 Å². The first-order chi connectivity index (χ1) is 13.1. The number of fused-ring (bicyclic) bond motifs is 1. The van der Waals surface area contributed by atoms with Crippen LogP contribution < -0.4 is 9.47 Å². The van der Waals surface area contributed by atoms with E-state index in [1.54, 1.807) is 7.11 Å². The molecule has 2 amide bonds. The van der Waals surface area contributed by atoms with Crippen molar-refractivity contribution in [2.75, 3.05) is 59.8 Å². The summed E-state index contributed by atoms with van der Waals surface area (Å²) in [5.74, 6) is 1.46. The molecule has 8 heteroatoms. The van der Waals surface area contributed by atoms with Gasteiger partial charge in [0.25, 0.3) is 0 Å². The predicted molar refractivity (Wildman–Crippen MR) is 98.6 cm³/mol. The lowest BCUT2D eigenvalue weighted by molar-refractivity contribution is -0.141. The Hall–Kier alpha value is -2.32. The molecule has 0 bridgehead atoms. The van der Waals surface area contributed by atoms with Gasteiger partial charge in [-0.15, -0.1) is 0 Å². The maximum Gasteiger partial charge on any atom is 0.242 e. The molecule has 1 aromatic carbocycles. The number of benzene rings is 1. The minimum atomic E-state index is -0.109. The third kappa shape index (κ3) is 5.11. The van der Waals surface area contributed by atoms with Gasteiger partial charge < -0.3 is 24.0 Å². The van der Waals surface area contributed by atoms with Gasteiger partial charge in [-0.25, -0.2) is 0 Å². The summed E-state index contributed by atoms with van der Waals surface area (Å²) in [5, 5.41) is 0. The smallest absolute Gasteiger partial charge is 0.242 e. The molecule has 1 saturated heterocycles. The van der Waals surface area contributed by atoms with Crippen LogP contribution in [0.25, 0.3) is 0 Å². The zero-order valence-corrected chi connectivity index (χ0v) is 16.0. The van der Waals surface area contributed by atoms with E-state index in [1.165, 1.54) is 17.4 Å². The van der Waals surface area contributed by atoms with Crippen molar-refractivity contribution in [3.8, 4) is 11.5 Å². The number of piperazine rings is 1. The minimum absolute atomic E-state index is 0.0102. The number of ether oxygens (including phenoxy) is 3. The highest BCUT2D eigenvalue weighted by Gasteiger charge is 2.24. The van der Waals surface area contributed by atoms with Crippen molar-refractivity contribution in [1.82, 2.24) is 14.7 Å². The molecule has 0 spiro atoms. The average molecular weight is 377 g/mol. The fourth-order valence-electron chi connectivity index (χ4n) is 3.27. The topological polar surface area (TPSA) is 71.6 Å². The van der Waals surface area contributed by atoms with Gasteiger partial charge in [0.15, 0.2) is 11.5 Å². The van der Waals surface area contributed by atoms with Crippen LogP contribution in [0, 0.1) is 0 Å². The van der Waals surface area contributed by atoms with Crippen LogP contribution in [-0.4, -0.2) is 86.3 Å². The summed E-state index contributed by atoms with van der Waals surface area (Å²) in [7, 11) is 1.58. The molecular formula is C19H27N3O5. The first-order valence-corrected chi connectivity index (χ1v) is 9.20. The Morgan fingerprint density at radius 3 is 2.59 bits per heavy atom. The Kier molecular flexibility index (Phi) is 6.52. The summed E-state index contributed by atoms with van der Waals surface area (Å²) < 4.78 is 15.8. The first kappa shape index (κ1) is 19.4. The van der Waals surface area contributed by atoms with Gasteiger partial charge in [0.05, 0.1) is 13.2 Å². The van der Waals surface area contributed by atoms with Crippen LogP contribution in [0.4, 0.5) is 0 Å². The van der Waals surface area contributed by atoms with Crippen LogP contribution in [-0.2, 0) is 20.9 Å². The van der Waals surface area contributed by atoms with Crippen molar-refractivity contribution in [3.05, 3.63) is 23.8 Å². The van der Waals surface area contributed by atoms with E-state index in [4.69, 9.17) is 14.2 Å². The number of hydrogen-bond donors (Lipinski definition) is 0. The fraction of sp³-hybridized carbons (Fsp3) is 0.579. The largest absolute Gasteiger partial charge is 0.454 e. The number of methoxy groups -OCH3 is 1. The Morgan fingerprint density at radius 2 is 1.89 bits per heavy atom. The second kappa shape index (κ2) is 9.05. The van der Waals surface area contributed by atoms with Crippen molar-refractivity contribution in [1.29, 1.82) is 0 Å². The zero-order valence-electron chi connectivity index (χ0n) is 16.0. The van der Waals surface area contributed by atoms with E-state index in [2.05, 4.69) is 4.90 Å². The molecule has 148 valence electrons. The van der Waals surface area contributed by atoms with E-state index < -0.39 is 0 Å².